The number of allylic oxidation sites excluding steroid dienone is 1. The maximum absolute atomic E-state index is 12.6. The normalized spacial score (nSPS) is 21.3. The number of ketones is 1. The molecule has 7 heteroatoms. The Balaban J connectivity index is 2.06. The minimum absolute atomic E-state index is 0.0464. The van der Waals surface area contributed by atoms with Crippen LogP contribution in [-0.2, 0) is 4.79 Å². The molecule has 1 aliphatic carbocycles. The number of ether oxygens (including phenoxy) is 1. The summed E-state index contributed by atoms with van der Waals surface area (Å²) in [6.07, 6.45) is 1.63. The molecule has 0 saturated carbocycles. The zero-order valence-corrected chi connectivity index (χ0v) is 11.6. The van der Waals surface area contributed by atoms with E-state index in [1.165, 1.54) is 6.07 Å². The summed E-state index contributed by atoms with van der Waals surface area (Å²) in [7, 11) is 0. The van der Waals surface area contributed by atoms with Gasteiger partial charge in [0.1, 0.15) is 5.75 Å². The number of hydrogen-bond acceptors (Lipinski definition) is 3. The van der Waals surface area contributed by atoms with Crippen LogP contribution in [0.5, 0.6) is 5.75 Å². The second kappa shape index (κ2) is 5.75. The van der Waals surface area contributed by atoms with Crippen molar-refractivity contribution in [2.24, 2.45) is 0 Å². The number of benzene rings is 1. The maximum Gasteiger partial charge on any atom is 0.387 e. The third-order valence-electron chi connectivity index (χ3n) is 3.73. The van der Waals surface area contributed by atoms with E-state index in [4.69, 9.17) is 0 Å². The van der Waals surface area contributed by atoms with Crippen molar-refractivity contribution in [3.63, 3.8) is 0 Å². The number of hydrogen-bond donors (Lipinski definition) is 2. The quantitative estimate of drug-likeness (QED) is 0.902. The fraction of sp³-hybridized carbons (Fsp3) is 0.333. The summed E-state index contributed by atoms with van der Waals surface area (Å²) in [5, 5.41) is 5.25. The molecule has 0 fully saturated rings. The van der Waals surface area contributed by atoms with E-state index < -0.39 is 18.7 Å². The Bertz CT molecular complexity index is 658. The van der Waals surface area contributed by atoms with Gasteiger partial charge in [-0.15, -0.1) is 0 Å². The van der Waals surface area contributed by atoms with Gasteiger partial charge in [0, 0.05) is 23.3 Å². The number of amides is 2. The number of alkyl halides is 2. The predicted molar refractivity (Wildman–Crippen MR) is 73.4 cm³/mol. The summed E-state index contributed by atoms with van der Waals surface area (Å²) >= 11 is 0. The van der Waals surface area contributed by atoms with Crippen LogP contribution in [-0.4, -0.2) is 18.4 Å². The third kappa shape index (κ3) is 2.66. The fourth-order valence-corrected chi connectivity index (χ4v) is 2.86. The van der Waals surface area contributed by atoms with Crippen molar-refractivity contribution in [2.75, 3.05) is 0 Å². The van der Waals surface area contributed by atoms with Gasteiger partial charge in [0.05, 0.1) is 6.04 Å². The Labute approximate surface area is 125 Å². The minimum atomic E-state index is -2.98. The summed E-state index contributed by atoms with van der Waals surface area (Å²) < 4.78 is 29.6. The smallest absolute Gasteiger partial charge is 0.387 e. The molecule has 5 nitrogen and oxygen atoms in total. The van der Waals surface area contributed by atoms with Crippen LogP contribution in [0.25, 0.3) is 0 Å². The predicted octanol–water partition coefficient (Wildman–Crippen LogP) is 2.65. The van der Waals surface area contributed by atoms with Crippen molar-refractivity contribution in [3.8, 4) is 5.75 Å². The van der Waals surface area contributed by atoms with E-state index in [0.717, 1.165) is 0 Å². The summed E-state index contributed by atoms with van der Waals surface area (Å²) in [6, 6.07) is 4.94. The Kier molecular flexibility index (Phi) is 3.79. The second-order valence-electron chi connectivity index (χ2n) is 5.12. The molecule has 3 rings (SSSR count). The highest BCUT2D eigenvalue weighted by Gasteiger charge is 2.35. The lowest BCUT2D eigenvalue weighted by molar-refractivity contribution is -0.116. The second-order valence-corrected chi connectivity index (χ2v) is 5.12. The molecule has 1 aromatic rings. The number of rotatable bonds is 3. The van der Waals surface area contributed by atoms with Crippen LogP contribution < -0.4 is 15.4 Å². The van der Waals surface area contributed by atoms with Gasteiger partial charge in [-0.2, -0.15) is 8.78 Å². The molecule has 0 aromatic heterocycles. The Morgan fingerprint density at radius 1 is 1.18 bits per heavy atom. The van der Waals surface area contributed by atoms with Gasteiger partial charge < -0.3 is 15.4 Å². The molecular weight excluding hydrogens is 294 g/mol. The molecule has 0 bridgehead atoms. The average Bonchev–Trinajstić information content (AvgIpc) is 2.46. The van der Waals surface area contributed by atoms with Crippen molar-refractivity contribution in [3.05, 3.63) is 41.1 Å². The zero-order valence-electron chi connectivity index (χ0n) is 11.6. The van der Waals surface area contributed by atoms with Gasteiger partial charge in [0.2, 0.25) is 0 Å². The molecular formula is C15H14F2N2O3. The van der Waals surface area contributed by atoms with Crippen LogP contribution >= 0.6 is 0 Å². The topological polar surface area (TPSA) is 67.4 Å². The first-order valence-electron chi connectivity index (χ1n) is 6.93. The first-order chi connectivity index (χ1) is 10.6. The lowest BCUT2D eigenvalue weighted by Gasteiger charge is -2.32. The molecule has 1 unspecified atom stereocenters. The highest BCUT2D eigenvalue weighted by molar-refractivity contribution is 6.01. The van der Waals surface area contributed by atoms with Gasteiger partial charge in [-0.05, 0) is 18.9 Å². The van der Waals surface area contributed by atoms with Crippen LogP contribution in [0, 0.1) is 0 Å². The summed E-state index contributed by atoms with van der Waals surface area (Å²) in [5.74, 6) is -0.138. The van der Waals surface area contributed by atoms with Gasteiger partial charge in [-0.3, -0.25) is 4.79 Å². The summed E-state index contributed by atoms with van der Waals surface area (Å²) in [4.78, 5) is 24.0. The van der Waals surface area contributed by atoms with Gasteiger partial charge >= 0.3 is 12.6 Å². The Hall–Kier alpha value is -2.44. The molecule has 1 aromatic carbocycles. The van der Waals surface area contributed by atoms with Crippen molar-refractivity contribution >= 4 is 11.8 Å². The van der Waals surface area contributed by atoms with Crippen LogP contribution in [0.3, 0.4) is 0 Å². The van der Waals surface area contributed by atoms with Crippen LogP contribution in [0.1, 0.15) is 30.9 Å². The van der Waals surface area contributed by atoms with Crippen molar-refractivity contribution in [2.45, 2.75) is 31.9 Å². The van der Waals surface area contributed by atoms with Gasteiger partial charge in [0.15, 0.2) is 5.78 Å². The Morgan fingerprint density at radius 2 is 1.95 bits per heavy atom. The molecule has 116 valence electrons. The standard InChI is InChI=1S/C15H14F2N2O3/c16-14(17)22-11-7-2-1-4-8(11)13-12-9(18-15(21)19-13)5-3-6-10(12)20/h1-2,4,7,13-14H,3,5-6H2,(H2,18,19,21). The fourth-order valence-electron chi connectivity index (χ4n) is 2.86. The number of Topliss-reactive ketones (excluding diaryl/α,β-unsaturated/α-hetero) is 1. The van der Waals surface area contributed by atoms with E-state index >= 15 is 0 Å². The molecule has 2 aliphatic rings. The number of halogens is 2. The monoisotopic (exact) mass is 308 g/mol. The molecule has 0 saturated heterocycles. The van der Waals surface area contributed by atoms with Gasteiger partial charge in [-0.25, -0.2) is 4.79 Å². The molecule has 2 amide bonds. The van der Waals surface area contributed by atoms with Gasteiger partial charge in [-0.1, -0.05) is 18.2 Å². The van der Waals surface area contributed by atoms with Crippen LogP contribution in [0.2, 0.25) is 0 Å². The Morgan fingerprint density at radius 3 is 2.73 bits per heavy atom. The zero-order chi connectivity index (χ0) is 15.7. The number of carbonyl (C=O) groups is 2. The van der Waals surface area contributed by atoms with E-state index in [1.54, 1.807) is 18.2 Å². The summed E-state index contributed by atoms with van der Waals surface area (Å²) in [5.41, 5.74) is 1.34. The average molecular weight is 308 g/mol. The first-order valence-corrected chi connectivity index (χ1v) is 6.93. The molecule has 1 atom stereocenters. The number of carbonyl (C=O) groups excluding carboxylic acids is 2. The highest BCUT2D eigenvalue weighted by atomic mass is 19.3. The van der Waals surface area contributed by atoms with E-state index in [-0.39, 0.29) is 11.5 Å². The molecule has 22 heavy (non-hydrogen) atoms. The minimum Gasteiger partial charge on any atom is -0.434 e. The number of para-hydroxylation sites is 1. The molecule has 0 spiro atoms. The lowest BCUT2D eigenvalue weighted by atomic mass is 9.85. The number of nitrogens with one attached hydrogen (secondary N) is 2. The van der Waals surface area contributed by atoms with Crippen molar-refractivity contribution < 1.29 is 23.1 Å². The highest BCUT2D eigenvalue weighted by Crippen LogP contribution is 2.37. The van der Waals surface area contributed by atoms with Crippen molar-refractivity contribution in [1.82, 2.24) is 10.6 Å². The van der Waals surface area contributed by atoms with Crippen LogP contribution in [0.4, 0.5) is 13.6 Å². The molecule has 0 radical (unpaired) electrons. The number of urea groups is 1. The molecule has 1 heterocycles. The molecule has 2 N–H and O–H groups in total. The van der Waals surface area contributed by atoms with Gasteiger partial charge in [0.25, 0.3) is 0 Å². The maximum atomic E-state index is 12.6. The van der Waals surface area contributed by atoms with Crippen molar-refractivity contribution in [1.29, 1.82) is 0 Å². The SMILES string of the molecule is O=C1NC2=C(C(=O)CCC2)C(c2ccccc2OC(F)F)N1. The molecule has 1 aliphatic heterocycles. The van der Waals surface area contributed by atoms with E-state index in [0.29, 0.717) is 36.1 Å². The van der Waals surface area contributed by atoms with E-state index in [2.05, 4.69) is 15.4 Å². The van der Waals surface area contributed by atoms with E-state index in [9.17, 15) is 18.4 Å². The first kappa shape index (κ1) is 14.5. The van der Waals surface area contributed by atoms with E-state index in [1.807, 2.05) is 0 Å². The summed E-state index contributed by atoms with van der Waals surface area (Å²) in [6.45, 7) is -2.98. The third-order valence-corrected chi connectivity index (χ3v) is 3.73. The lowest BCUT2D eigenvalue weighted by Crippen LogP contribution is -2.46. The largest absolute Gasteiger partial charge is 0.434 e. The van der Waals surface area contributed by atoms with Crippen LogP contribution in [0.15, 0.2) is 35.5 Å².